The van der Waals surface area contributed by atoms with Crippen molar-refractivity contribution in [1.82, 2.24) is 10.2 Å². The molecule has 0 spiro atoms. The van der Waals surface area contributed by atoms with Crippen LogP contribution in [0.1, 0.15) is 32.3 Å². The zero-order chi connectivity index (χ0) is 18.8. The molecule has 1 aliphatic heterocycles. The molecule has 146 valence electrons. The summed E-state index contributed by atoms with van der Waals surface area (Å²) in [6.07, 6.45) is 1.77. The molecule has 0 unspecified atom stereocenters. The van der Waals surface area contributed by atoms with Crippen molar-refractivity contribution in [2.45, 2.75) is 38.8 Å². The number of methoxy groups -OCH3 is 1. The van der Waals surface area contributed by atoms with Crippen molar-refractivity contribution in [3.8, 4) is 5.75 Å². The van der Waals surface area contributed by atoms with E-state index in [1.165, 1.54) is 5.56 Å². The van der Waals surface area contributed by atoms with E-state index in [4.69, 9.17) is 19.2 Å². The molecular formula is C20H33N3O3. The van der Waals surface area contributed by atoms with Gasteiger partial charge < -0.3 is 24.4 Å². The molecule has 1 aliphatic rings. The van der Waals surface area contributed by atoms with Gasteiger partial charge in [0.05, 0.1) is 18.8 Å². The number of hydrogen-bond acceptors (Lipinski definition) is 4. The number of ether oxygens (including phenoxy) is 3. The maximum atomic E-state index is 5.79. The van der Waals surface area contributed by atoms with Crippen LogP contribution in [0.15, 0.2) is 29.3 Å². The minimum atomic E-state index is -0.209. The summed E-state index contributed by atoms with van der Waals surface area (Å²) in [6, 6.07) is 8.22. The Morgan fingerprint density at radius 1 is 1.23 bits per heavy atom. The third-order valence-corrected chi connectivity index (χ3v) is 4.70. The first kappa shape index (κ1) is 20.5. The Morgan fingerprint density at radius 2 is 1.92 bits per heavy atom. The normalized spacial score (nSPS) is 17.0. The molecular weight excluding hydrogens is 330 g/mol. The van der Waals surface area contributed by atoms with Crippen LogP contribution >= 0.6 is 0 Å². The fourth-order valence-corrected chi connectivity index (χ4v) is 3.07. The first-order valence-corrected chi connectivity index (χ1v) is 9.46. The van der Waals surface area contributed by atoms with Crippen molar-refractivity contribution in [3.63, 3.8) is 0 Å². The fraction of sp³-hybridized carbons (Fsp3) is 0.650. The number of rotatable bonds is 8. The highest BCUT2D eigenvalue weighted by Crippen LogP contribution is 2.25. The Bertz CT molecular complexity index is 554. The summed E-state index contributed by atoms with van der Waals surface area (Å²) in [5, 5.41) is 3.38. The van der Waals surface area contributed by atoms with E-state index in [9.17, 15) is 0 Å². The number of nitrogens with zero attached hydrogens (tertiary/aromatic N) is 2. The van der Waals surface area contributed by atoms with E-state index in [1.54, 1.807) is 7.11 Å². The summed E-state index contributed by atoms with van der Waals surface area (Å²) >= 11 is 0. The molecule has 6 nitrogen and oxygen atoms in total. The van der Waals surface area contributed by atoms with Crippen LogP contribution < -0.4 is 10.1 Å². The van der Waals surface area contributed by atoms with Gasteiger partial charge in [0, 0.05) is 53.3 Å². The summed E-state index contributed by atoms with van der Waals surface area (Å²) in [4.78, 5) is 6.99. The van der Waals surface area contributed by atoms with E-state index in [1.807, 2.05) is 19.1 Å². The van der Waals surface area contributed by atoms with E-state index in [2.05, 4.69) is 36.3 Å². The molecule has 0 saturated carbocycles. The van der Waals surface area contributed by atoms with Gasteiger partial charge in [0.2, 0.25) is 0 Å². The van der Waals surface area contributed by atoms with E-state index in [0.29, 0.717) is 13.2 Å². The lowest BCUT2D eigenvalue weighted by Gasteiger charge is -2.35. The highest BCUT2D eigenvalue weighted by Gasteiger charge is 2.32. The van der Waals surface area contributed by atoms with Gasteiger partial charge in [0.25, 0.3) is 0 Å². The molecule has 0 bridgehead atoms. The first-order valence-electron chi connectivity index (χ1n) is 9.46. The maximum absolute atomic E-state index is 5.79. The zero-order valence-electron chi connectivity index (χ0n) is 16.6. The predicted molar refractivity (Wildman–Crippen MR) is 105 cm³/mol. The lowest BCUT2D eigenvalue weighted by Crippen LogP contribution is -2.44. The third-order valence-electron chi connectivity index (χ3n) is 4.70. The average molecular weight is 364 g/mol. The second-order valence-electron chi connectivity index (χ2n) is 6.60. The van der Waals surface area contributed by atoms with Crippen LogP contribution in [0.3, 0.4) is 0 Å². The second kappa shape index (κ2) is 10.4. The lowest BCUT2D eigenvalue weighted by molar-refractivity contribution is -0.0829. The van der Waals surface area contributed by atoms with Crippen molar-refractivity contribution in [2.24, 2.45) is 4.99 Å². The van der Waals surface area contributed by atoms with Crippen molar-refractivity contribution in [3.05, 3.63) is 29.8 Å². The van der Waals surface area contributed by atoms with E-state index in [-0.39, 0.29) is 5.60 Å². The van der Waals surface area contributed by atoms with Crippen LogP contribution in [0.25, 0.3) is 0 Å². The SMILES string of the molecule is CCNC(=NCC1(OC)CCOCC1)N(C)Cc1ccc(OCC)cc1. The van der Waals surface area contributed by atoms with Gasteiger partial charge in [0.15, 0.2) is 5.96 Å². The minimum absolute atomic E-state index is 0.209. The molecule has 6 heteroatoms. The molecule has 1 N–H and O–H groups in total. The Balaban J connectivity index is 2.02. The van der Waals surface area contributed by atoms with Gasteiger partial charge in [0.1, 0.15) is 5.75 Å². The summed E-state index contributed by atoms with van der Waals surface area (Å²) in [5.41, 5.74) is 1.01. The van der Waals surface area contributed by atoms with Crippen molar-refractivity contribution in [2.75, 3.05) is 47.1 Å². The number of benzene rings is 1. The molecule has 0 radical (unpaired) electrons. The lowest BCUT2D eigenvalue weighted by atomic mass is 9.94. The molecule has 1 heterocycles. The first-order chi connectivity index (χ1) is 12.6. The van der Waals surface area contributed by atoms with Crippen LogP contribution in [0, 0.1) is 0 Å². The maximum Gasteiger partial charge on any atom is 0.194 e. The van der Waals surface area contributed by atoms with E-state index >= 15 is 0 Å². The van der Waals surface area contributed by atoms with Gasteiger partial charge in [-0.25, -0.2) is 0 Å². The number of hydrogen-bond donors (Lipinski definition) is 1. The van der Waals surface area contributed by atoms with Gasteiger partial charge in [-0.05, 0) is 31.5 Å². The largest absolute Gasteiger partial charge is 0.494 e. The molecule has 1 saturated heterocycles. The van der Waals surface area contributed by atoms with Crippen LogP contribution in [-0.4, -0.2) is 63.5 Å². The molecule has 2 rings (SSSR count). The van der Waals surface area contributed by atoms with Gasteiger partial charge in [-0.2, -0.15) is 0 Å². The Hall–Kier alpha value is -1.79. The smallest absolute Gasteiger partial charge is 0.194 e. The van der Waals surface area contributed by atoms with Crippen LogP contribution in [0.4, 0.5) is 0 Å². The standard InChI is InChI=1S/C20H33N3O3/c1-5-21-19(22-16-20(24-4)11-13-25-14-12-20)23(3)15-17-7-9-18(10-8-17)26-6-2/h7-10H,5-6,11-16H2,1-4H3,(H,21,22). The zero-order valence-corrected chi connectivity index (χ0v) is 16.6. The quantitative estimate of drug-likeness (QED) is 0.568. The van der Waals surface area contributed by atoms with Gasteiger partial charge in [-0.3, -0.25) is 4.99 Å². The highest BCUT2D eigenvalue weighted by atomic mass is 16.5. The molecule has 0 aromatic heterocycles. The third kappa shape index (κ3) is 5.88. The number of nitrogens with one attached hydrogen (secondary N) is 1. The molecule has 0 atom stereocenters. The Morgan fingerprint density at radius 3 is 2.50 bits per heavy atom. The van der Waals surface area contributed by atoms with E-state index < -0.39 is 0 Å². The Labute approximate surface area is 157 Å². The summed E-state index contributed by atoms with van der Waals surface area (Å²) in [7, 11) is 3.83. The van der Waals surface area contributed by atoms with Crippen LogP contribution in [0.2, 0.25) is 0 Å². The topological polar surface area (TPSA) is 55.3 Å². The Kier molecular flexibility index (Phi) is 8.19. The second-order valence-corrected chi connectivity index (χ2v) is 6.60. The molecule has 1 aromatic rings. The fourth-order valence-electron chi connectivity index (χ4n) is 3.07. The monoisotopic (exact) mass is 363 g/mol. The molecule has 1 fully saturated rings. The van der Waals surface area contributed by atoms with Crippen LogP contribution in [-0.2, 0) is 16.0 Å². The molecule has 1 aromatic carbocycles. The average Bonchev–Trinajstić information content (AvgIpc) is 2.67. The summed E-state index contributed by atoms with van der Waals surface area (Å²) < 4.78 is 16.8. The minimum Gasteiger partial charge on any atom is -0.494 e. The molecule has 0 aliphatic carbocycles. The summed E-state index contributed by atoms with van der Waals surface area (Å²) in [5.74, 6) is 1.80. The predicted octanol–water partition coefficient (Wildman–Crippen LogP) is 2.68. The van der Waals surface area contributed by atoms with Gasteiger partial charge >= 0.3 is 0 Å². The molecule has 0 amide bonds. The van der Waals surface area contributed by atoms with Gasteiger partial charge in [-0.1, -0.05) is 12.1 Å². The molecule has 26 heavy (non-hydrogen) atoms. The van der Waals surface area contributed by atoms with Crippen molar-refractivity contribution < 1.29 is 14.2 Å². The number of guanidine groups is 1. The summed E-state index contributed by atoms with van der Waals surface area (Å²) in [6.45, 7) is 8.49. The van der Waals surface area contributed by atoms with Gasteiger partial charge in [-0.15, -0.1) is 0 Å². The van der Waals surface area contributed by atoms with Crippen molar-refractivity contribution >= 4 is 5.96 Å². The van der Waals surface area contributed by atoms with E-state index in [0.717, 1.165) is 50.9 Å². The number of aliphatic imine (C=N–C) groups is 1. The van der Waals surface area contributed by atoms with Crippen molar-refractivity contribution in [1.29, 1.82) is 0 Å². The van der Waals surface area contributed by atoms with Crippen LogP contribution in [0.5, 0.6) is 5.75 Å². The highest BCUT2D eigenvalue weighted by molar-refractivity contribution is 5.79.